The van der Waals surface area contributed by atoms with Crippen LogP contribution in [0.3, 0.4) is 0 Å². The number of benzene rings is 2. The number of amides is 3. The van der Waals surface area contributed by atoms with Crippen molar-refractivity contribution in [2.75, 3.05) is 26.2 Å². The van der Waals surface area contributed by atoms with Crippen molar-refractivity contribution in [1.82, 2.24) is 19.7 Å². The molecule has 10 heteroatoms. The number of carbonyl (C=O) groups is 2. The standard InChI is InChI=1S/C28H28F2N4O4/c1-28-16-21-20-15-19(38-26(29)30)8-9-22(20)31-23(21)24(17-6-5-7-18(35)14-17)34(28)27(37)33(25(28)36)13-12-32-10-3-2-4-11-32/h2-3,5-9,14-15,24,26,31,35H,4,10-13,16H2,1H3/t24-,28+/m1/s1. The molecule has 3 aromatic rings. The number of carbonyl (C=O) groups excluding carboxylic acids is 2. The fraction of sp³-hybridized carbons (Fsp3) is 0.357. The summed E-state index contributed by atoms with van der Waals surface area (Å²) >= 11 is 0. The maximum atomic E-state index is 13.9. The first-order valence-corrected chi connectivity index (χ1v) is 12.7. The number of ether oxygens (including phenoxy) is 1. The lowest BCUT2D eigenvalue weighted by molar-refractivity contribution is -0.133. The highest BCUT2D eigenvalue weighted by atomic mass is 19.3. The molecular weight excluding hydrogens is 494 g/mol. The van der Waals surface area contributed by atoms with Crippen molar-refractivity contribution in [1.29, 1.82) is 0 Å². The van der Waals surface area contributed by atoms with Gasteiger partial charge in [0.1, 0.15) is 23.1 Å². The zero-order valence-corrected chi connectivity index (χ0v) is 20.9. The summed E-state index contributed by atoms with van der Waals surface area (Å²) in [6.45, 7) is 1.29. The number of nitrogens with one attached hydrogen (secondary N) is 1. The fourth-order valence-corrected chi connectivity index (χ4v) is 6.04. The van der Waals surface area contributed by atoms with E-state index in [-0.39, 0.29) is 36.4 Å². The molecule has 3 amide bonds. The van der Waals surface area contributed by atoms with E-state index in [1.54, 1.807) is 42.2 Å². The van der Waals surface area contributed by atoms with Crippen molar-refractivity contribution in [2.45, 2.75) is 38.0 Å². The maximum absolute atomic E-state index is 13.9. The Balaban J connectivity index is 1.44. The Morgan fingerprint density at radius 1 is 1.16 bits per heavy atom. The lowest BCUT2D eigenvalue weighted by atomic mass is 9.81. The van der Waals surface area contributed by atoms with E-state index in [0.717, 1.165) is 25.1 Å². The van der Waals surface area contributed by atoms with E-state index in [4.69, 9.17) is 0 Å². The molecule has 1 aromatic heterocycles. The minimum absolute atomic E-state index is 0.0156. The van der Waals surface area contributed by atoms with Crippen LogP contribution >= 0.6 is 0 Å². The molecule has 0 aliphatic carbocycles. The highest BCUT2D eigenvalue weighted by molar-refractivity contribution is 6.08. The van der Waals surface area contributed by atoms with Crippen LogP contribution in [0.2, 0.25) is 0 Å². The second-order valence-corrected chi connectivity index (χ2v) is 10.2. The average Bonchev–Trinajstić information content (AvgIpc) is 3.33. The molecule has 0 spiro atoms. The van der Waals surface area contributed by atoms with E-state index in [1.807, 2.05) is 0 Å². The van der Waals surface area contributed by atoms with Gasteiger partial charge in [0.25, 0.3) is 5.91 Å². The molecule has 8 nitrogen and oxygen atoms in total. The summed E-state index contributed by atoms with van der Waals surface area (Å²) in [4.78, 5) is 36.3. The molecule has 6 rings (SSSR count). The number of rotatable bonds is 6. The van der Waals surface area contributed by atoms with E-state index >= 15 is 0 Å². The minimum Gasteiger partial charge on any atom is -0.508 e. The van der Waals surface area contributed by atoms with Crippen molar-refractivity contribution >= 4 is 22.8 Å². The molecule has 198 valence electrons. The molecule has 0 radical (unpaired) electrons. The van der Waals surface area contributed by atoms with Crippen LogP contribution in [-0.2, 0) is 11.2 Å². The number of phenols is 1. The third-order valence-electron chi connectivity index (χ3n) is 7.83. The highest BCUT2D eigenvalue weighted by Gasteiger charge is 2.60. The number of halogens is 2. The van der Waals surface area contributed by atoms with E-state index in [1.165, 1.54) is 17.0 Å². The number of imide groups is 1. The molecule has 1 saturated heterocycles. The summed E-state index contributed by atoms with van der Waals surface area (Å²) in [7, 11) is 0. The van der Waals surface area contributed by atoms with Gasteiger partial charge in [0.15, 0.2) is 0 Å². The van der Waals surface area contributed by atoms with E-state index in [2.05, 4.69) is 26.8 Å². The van der Waals surface area contributed by atoms with Gasteiger partial charge in [-0.3, -0.25) is 19.5 Å². The Labute approximate surface area is 218 Å². The zero-order chi connectivity index (χ0) is 26.6. The van der Waals surface area contributed by atoms with E-state index in [9.17, 15) is 23.5 Å². The molecule has 38 heavy (non-hydrogen) atoms. The summed E-state index contributed by atoms with van der Waals surface area (Å²) in [5.74, 6) is -0.241. The molecule has 3 aliphatic rings. The van der Waals surface area contributed by atoms with Crippen LogP contribution in [0.5, 0.6) is 11.5 Å². The molecule has 0 unspecified atom stereocenters. The predicted molar refractivity (Wildman–Crippen MR) is 136 cm³/mol. The Morgan fingerprint density at radius 2 is 2.00 bits per heavy atom. The van der Waals surface area contributed by atoms with Gasteiger partial charge >= 0.3 is 12.6 Å². The third-order valence-corrected chi connectivity index (χ3v) is 7.83. The normalized spacial score (nSPS) is 23.4. The monoisotopic (exact) mass is 522 g/mol. The lowest BCUT2D eigenvalue weighted by Crippen LogP contribution is -2.53. The summed E-state index contributed by atoms with van der Waals surface area (Å²) < 4.78 is 30.5. The number of hydrogen-bond donors (Lipinski definition) is 2. The van der Waals surface area contributed by atoms with Gasteiger partial charge in [-0.1, -0.05) is 24.3 Å². The number of nitrogens with zero attached hydrogens (tertiary/aromatic N) is 3. The largest absolute Gasteiger partial charge is 0.508 e. The topological polar surface area (TPSA) is 89.1 Å². The molecule has 2 atom stereocenters. The number of aromatic hydroxyl groups is 1. The smallest absolute Gasteiger partial charge is 0.387 e. The van der Waals surface area contributed by atoms with E-state index in [0.29, 0.717) is 28.7 Å². The summed E-state index contributed by atoms with van der Waals surface area (Å²) in [5.41, 5.74) is 1.56. The molecule has 2 aromatic carbocycles. The summed E-state index contributed by atoms with van der Waals surface area (Å²) in [6.07, 6.45) is 5.36. The second-order valence-electron chi connectivity index (χ2n) is 10.2. The predicted octanol–water partition coefficient (Wildman–Crippen LogP) is 4.41. The SMILES string of the molecule is C[C@@]12Cc3c([nH]c4ccc(OC(F)F)cc34)[C@@H](c3cccc(O)c3)N1C(=O)N(CCN1CC=CCC1)C2=O. The van der Waals surface area contributed by atoms with Crippen LogP contribution in [0.25, 0.3) is 10.9 Å². The lowest BCUT2D eigenvalue weighted by Gasteiger charge is -2.42. The first kappa shape index (κ1) is 24.4. The highest BCUT2D eigenvalue weighted by Crippen LogP contribution is 2.49. The average molecular weight is 523 g/mol. The van der Waals surface area contributed by atoms with Gasteiger partial charge in [0, 0.05) is 49.2 Å². The number of aromatic amines is 1. The van der Waals surface area contributed by atoms with Crippen LogP contribution in [0.1, 0.15) is 36.2 Å². The fourth-order valence-electron chi connectivity index (χ4n) is 6.04. The number of alkyl halides is 2. The number of H-pyrrole nitrogens is 1. The Bertz CT molecular complexity index is 1450. The molecule has 0 saturated carbocycles. The zero-order valence-electron chi connectivity index (χ0n) is 20.9. The molecule has 2 N–H and O–H groups in total. The minimum atomic E-state index is -2.96. The van der Waals surface area contributed by atoms with Crippen LogP contribution < -0.4 is 4.74 Å². The summed E-state index contributed by atoms with van der Waals surface area (Å²) in [5, 5.41) is 10.9. The van der Waals surface area contributed by atoms with Crippen molar-refractivity contribution in [2.24, 2.45) is 0 Å². The van der Waals surface area contributed by atoms with Gasteiger partial charge in [0.2, 0.25) is 0 Å². The van der Waals surface area contributed by atoms with Crippen LogP contribution in [0.4, 0.5) is 13.6 Å². The van der Waals surface area contributed by atoms with Crippen LogP contribution in [0.15, 0.2) is 54.6 Å². The number of fused-ring (bicyclic) bond motifs is 4. The number of phenolic OH excluding ortho intramolecular Hbond substituents is 1. The van der Waals surface area contributed by atoms with E-state index < -0.39 is 18.2 Å². The first-order chi connectivity index (χ1) is 18.3. The summed E-state index contributed by atoms with van der Waals surface area (Å²) in [6, 6.07) is 10.2. The van der Waals surface area contributed by atoms with Gasteiger partial charge in [-0.05, 0) is 54.8 Å². The third kappa shape index (κ3) is 3.91. The van der Waals surface area contributed by atoms with Crippen LogP contribution in [-0.4, -0.2) is 75.1 Å². The molecule has 0 bridgehead atoms. The maximum Gasteiger partial charge on any atom is 0.387 e. The van der Waals surface area contributed by atoms with Crippen molar-refractivity contribution in [3.05, 3.63) is 71.4 Å². The Hall–Kier alpha value is -3.92. The van der Waals surface area contributed by atoms with Gasteiger partial charge in [-0.2, -0.15) is 8.78 Å². The number of aromatic nitrogens is 1. The molecular formula is C28H28F2N4O4. The van der Waals surface area contributed by atoms with Crippen molar-refractivity contribution < 1.29 is 28.2 Å². The first-order valence-electron chi connectivity index (χ1n) is 12.7. The second kappa shape index (κ2) is 9.13. The Morgan fingerprint density at radius 3 is 2.74 bits per heavy atom. The Kier molecular flexibility index (Phi) is 5.86. The van der Waals surface area contributed by atoms with Crippen LogP contribution in [0, 0.1) is 0 Å². The molecule has 3 aliphatic heterocycles. The van der Waals surface area contributed by atoms with Gasteiger partial charge in [0.05, 0.1) is 0 Å². The number of hydrogen-bond acceptors (Lipinski definition) is 5. The van der Waals surface area contributed by atoms with Crippen molar-refractivity contribution in [3.63, 3.8) is 0 Å². The van der Waals surface area contributed by atoms with Gasteiger partial charge < -0.3 is 14.8 Å². The van der Waals surface area contributed by atoms with Gasteiger partial charge in [-0.25, -0.2) is 4.79 Å². The quantitative estimate of drug-likeness (QED) is 0.370. The number of urea groups is 1. The molecule has 1 fully saturated rings. The van der Waals surface area contributed by atoms with Crippen molar-refractivity contribution in [3.8, 4) is 11.5 Å². The van der Waals surface area contributed by atoms with Gasteiger partial charge in [-0.15, -0.1) is 0 Å². The molecule has 4 heterocycles.